The van der Waals surface area contributed by atoms with Crippen LogP contribution in [-0.4, -0.2) is 57.5 Å². The topological polar surface area (TPSA) is 78.3 Å². The number of hydrogen-bond acceptors (Lipinski definition) is 5. The van der Waals surface area contributed by atoms with E-state index in [1.807, 2.05) is 31.9 Å². The van der Waals surface area contributed by atoms with Crippen LogP contribution in [0.5, 0.6) is 0 Å². The number of carbonyl (C=O) groups excluding carboxylic acids is 1. The summed E-state index contributed by atoms with van der Waals surface area (Å²) in [5.74, 6) is 1.95. The molecule has 0 radical (unpaired) electrons. The molecule has 2 fully saturated rings. The largest absolute Gasteiger partial charge is 0.354 e. The molecule has 24 heavy (non-hydrogen) atoms. The molecular weight excluding hydrogens is 306 g/mol. The Morgan fingerprint density at radius 2 is 2.12 bits per heavy atom. The fourth-order valence-electron chi connectivity index (χ4n) is 3.32. The molecule has 2 aliphatic rings. The summed E-state index contributed by atoms with van der Waals surface area (Å²) in [6, 6.07) is 1.96. The Morgan fingerprint density at radius 1 is 1.33 bits per heavy atom. The van der Waals surface area contributed by atoms with Crippen molar-refractivity contribution in [1.82, 2.24) is 24.9 Å². The van der Waals surface area contributed by atoms with Crippen molar-refractivity contribution in [3.8, 4) is 0 Å². The average molecular weight is 329 g/mol. The molecule has 3 heterocycles. The second kappa shape index (κ2) is 5.73. The van der Waals surface area contributed by atoms with E-state index in [0.717, 1.165) is 36.5 Å². The lowest BCUT2D eigenvalue weighted by molar-refractivity contribution is 0.0483. The maximum atomic E-state index is 12.9. The van der Waals surface area contributed by atoms with Gasteiger partial charge in [0.1, 0.15) is 11.7 Å². The zero-order valence-corrected chi connectivity index (χ0v) is 14.4. The van der Waals surface area contributed by atoms with Gasteiger partial charge in [-0.2, -0.15) is 4.98 Å². The number of hydrogen-bond donors (Lipinski definition) is 1. The molecule has 1 saturated carbocycles. The first kappa shape index (κ1) is 15.4. The average Bonchev–Trinajstić information content (AvgIpc) is 3.19. The zero-order valence-electron chi connectivity index (χ0n) is 14.4. The Morgan fingerprint density at radius 3 is 2.79 bits per heavy atom. The number of piperazine rings is 1. The van der Waals surface area contributed by atoms with E-state index in [-0.39, 0.29) is 11.9 Å². The standard InChI is InChI=1S/C17H23N5O2/c1-10-8-11(2)18-14(10)17(23)22-7-6-21(3)13(9-22)16-19-15(20-24-16)12-4-5-12/h8,12-13,18H,4-7,9H2,1-3H3/t13-/m1/s1. The predicted octanol–water partition coefficient (Wildman–Crippen LogP) is 2.02. The maximum absolute atomic E-state index is 12.9. The lowest BCUT2D eigenvalue weighted by Gasteiger charge is -2.37. The Balaban J connectivity index is 1.53. The number of H-pyrrole nitrogens is 1. The Hall–Kier alpha value is -2.15. The predicted molar refractivity (Wildman–Crippen MR) is 87.8 cm³/mol. The molecule has 0 aromatic carbocycles. The Bertz CT molecular complexity index is 761. The van der Waals surface area contributed by atoms with Gasteiger partial charge in [-0.05, 0) is 45.4 Å². The van der Waals surface area contributed by atoms with Gasteiger partial charge >= 0.3 is 0 Å². The SMILES string of the molecule is Cc1cc(C)c(C(=O)N2CCN(C)[C@@H](c3nc(C4CC4)no3)C2)[nH]1. The van der Waals surface area contributed by atoms with Gasteiger partial charge in [-0.15, -0.1) is 0 Å². The van der Waals surface area contributed by atoms with Gasteiger partial charge < -0.3 is 14.4 Å². The molecule has 4 rings (SSSR count). The summed E-state index contributed by atoms with van der Waals surface area (Å²) in [6.07, 6.45) is 2.30. The quantitative estimate of drug-likeness (QED) is 0.932. The van der Waals surface area contributed by atoms with Crippen LogP contribution >= 0.6 is 0 Å². The second-order valence-electron chi connectivity index (χ2n) is 7.02. The van der Waals surface area contributed by atoms with E-state index in [2.05, 4.69) is 20.0 Å². The highest BCUT2D eigenvalue weighted by Crippen LogP contribution is 2.38. The molecule has 1 N–H and O–H groups in total. The minimum atomic E-state index is -0.0425. The summed E-state index contributed by atoms with van der Waals surface area (Å²) in [6.45, 7) is 5.99. The molecule has 7 nitrogen and oxygen atoms in total. The van der Waals surface area contributed by atoms with Crippen molar-refractivity contribution < 1.29 is 9.32 Å². The van der Waals surface area contributed by atoms with Crippen LogP contribution in [-0.2, 0) is 0 Å². The van der Waals surface area contributed by atoms with E-state index in [0.29, 0.717) is 30.6 Å². The molecule has 1 saturated heterocycles. The number of likely N-dealkylation sites (N-methyl/N-ethyl adjacent to an activating group) is 1. The summed E-state index contributed by atoms with van der Waals surface area (Å²) in [4.78, 5) is 24.7. The van der Waals surface area contributed by atoms with E-state index in [1.165, 1.54) is 0 Å². The molecule has 7 heteroatoms. The smallest absolute Gasteiger partial charge is 0.270 e. The lowest BCUT2D eigenvalue weighted by Crippen LogP contribution is -2.49. The third kappa shape index (κ3) is 2.73. The van der Waals surface area contributed by atoms with E-state index in [9.17, 15) is 4.79 Å². The minimum Gasteiger partial charge on any atom is -0.354 e. The van der Waals surface area contributed by atoms with Crippen molar-refractivity contribution in [3.63, 3.8) is 0 Å². The second-order valence-corrected chi connectivity index (χ2v) is 7.02. The molecular formula is C17H23N5O2. The van der Waals surface area contributed by atoms with Crippen molar-refractivity contribution in [3.05, 3.63) is 34.7 Å². The number of carbonyl (C=O) groups is 1. The fraction of sp³-hybridized carbons (Fsp3) is 0.588. The third-order valence-corrected chi connectivity index (χ3v) is 4.98. The van der Waals surface area contributed by atoms with Gasteiger partial charge in [-0.3, -0.25) is 9.69 Å². The molecule has 1 aliphatic heterocycles. The monoisotopic (exact) mass is 329 g/mol. The first-order chi connectivity index (χ1) is 11.5. The highest BCUT2D eigenvalue weighted by atomic mass is 16.5. The molecule has 1 amide bonds. The number of aromatic nitrogens is 3. The van der Waals surface area contributed by atoms with Crippen LogP contribution in [0.3, 0.4) is 0 Å². The first-order valence-electron chi connectivity index (χ1n) is 8.52. The third-order valence-electron chi connectivity index (χ3n) is 4.98. The van der Waals surface area contributed by atoms with E-state index >= 15 is 0 Å². The highest BCUT2D eigenvalue weighted by molar-refractivity contribution is 5.94. The van der Waals surface area contributed by atoms with Crippen LogP contribution in [0, 0.1) is 13.8 Å². The van der Waals surface area contributed by atoms with Crippen molar-refractivity contribution in [1.29, 1.82) is 0 Å². The first-order valence-corrected chi connectivity index (χ1v) is 8.52. The molecule has 0 unspecified atom stereocenters. The molecule has 0 spiro atoms. The van der Waals surface area contributed by atoms with Gasteiger partial charge in [-0.25, -0.2) is 0 Å². The summed E-state index contributed by atoms with van der Waals surface area (Å²) in [7, 11) is 2.04. The van der Waals surface area contributed by atoms with Gasteiger partial charge in [0.05, 0.1) is 0 Å². The van der Waals surface area contributed by atoms with Crippen LogP contribution in [0.25, 0.3) is 0 Å². The Kier molecular flexibility index (Phi) is 3.68. The molecule has 2 aromatic rings. The summed E-state index contributed by atoms with van der Waals surface area (Å²) < 4.78 is 5.49. The van der Waals surface area contributed by atoms with Crippen LogP contribution in [0.1, 0.15) is 58.3 Å². The number of aryl methyl sites for hydroxylation is 2. The van der Waals surface area contributed by atoms with E-state index in [1.54, 1.807) is 0 Å². The van der Waals surface area contributed by atoms with Crippen LogP contribution in [0.4, 0.5) is 0 Å². The van der Waals surface area contributed by atoms with Crippen LogP contribution in [0.2, 0.25) is 0 Å². The number of aromatic amines is 1. The molecule has 0 bridgehead atoms. The lowest BCUT2D eigenvalue weighted by atomic mass is 10.1. The van der Waals surface area contributed by atoms with Crippen molar-refractivity contribution in [2.45, 2.75) is 38.6 Å². The summed E-state index contributed by atoms with van der Waals surface area (Å²) in [5.41, 5.74) is 2.68. The molecule has 1 aliphatic carbocycles. The molecule has 2 aromatic heterocycles. The molecule has 128 valence electrons. The fourth-order valence-corrected chi connectivity index (χ4v) is 3.32. The van der Waals surface area contributed by atoms with Gasteiger partial charge in [0, 0.05) is 31.2 Å². The Labute approximate surface area is 141 Å². The van der Waals surface area contributed by atoms with Crippen molar-refractivity contribution in [2.24, 2.45) is 0 Å². The molecule has 1 atom stereocenters. The van der Waals surface area contributed by atoms with E-state index < -0.39 is 0 Å². The summed E-state index contributed by atoms with van der Waals surface area (Å²) >= 11 is 0. The normalized spacial score (nSPS) is 22.1. The van der Waals surface area contributed by atoms with Crippen molar-refractivity contribution in [2.75, 3.05) is 26.7 Å². The van der Waals surface area contributed by atoms with Crippen molar-refractivity contribution >= 4 is 5.91 Å². The van der Waals surface area contributed by atoms with Gasteiger partial charge in [0.2, 0.25) is 5.89 Å². The maximum Gasteiger partial charge on any atom is 0.270 e. The summed E-state index contributed by atoms with van der Waals surface area (Å²) in [5, 5.41) is 4.11. The number of nitrogens with zero attached hydrogens (tertiary/aromatic N) is 4. The minimum absolute atomic E-state index is 0.0423. The number of rotatable bonds is 3. The van der Waals surface area contributed by atoms with Gasteiger partial charge in [-0.1, -0.05) is 5.16 Å². The number of amides is 1. The van der Waals surface area contributed by atoms with Crippen LogP contribution < -0.4 is 0 Å². The highest BCUT2D eigenvalue weighted by Gasteiger charge is 2.35. The zero-order chi connectivity index (χ0) is 16.8. The van der Waals surface area contributed by atoms with Crippen LogP contribution in [0.15, 0.2) is 10.6 Å². The van der Waals surface area contributed by atoms with Gasteiger partial charge in [0.15, 0.2) is 5.82 Å². The van der Waals surface area contributed by atoms with E-state index in [4.69, 9.17) is 4.52 Å². The number of nitrogens with one attached hydrogen (secondary N) is 1. The van der Waals surface area contributed by atoms with Gasteiger partial charge in [0.25, 0.3) is 5.91 Å².